The lowest BCUT2D eigenvalue weighted by Gasteiger charge is -2.36. The minimum absolute atomic E-state index is 0.189. The van der Waals surface area contributed by atoms with Gasteiger partial charge in [0.25, 0.3) is 8.32 Å². The molecule has 0 amide bonds. The van der Waals surface area contributed by atoms with Gasteiger partial charge in [0.1, 0.15) is 5.75 Å². The van der Waals surface area contributed by atoms with Crippen molar-refractivity contribution in [3.05, 3.63) is 27.7 Å². The molecule has 90 valence electrons. The molecule has 0 aromatic heterocycles. The predicted molar refractivity (Wildman–Crippen MR) is 77.0 cm³/mol. The highest BCUT2D eigenvalue weighted by Gasteiger charge is 2.39. The minimum atomic E-state index is -1.79. The molecule has 0 fully saturated rings. The number of halogens is 2. The van der Waals surface area contributed by atoms with Crippen LogP contribution in [0.5, 0.6) is 5.75 Å². The minimum Gasteiger partial charge on any atom is -0.543 e. The van der Waals surface area contributed by atoms with Crippen LogP contribution in [0.3, 0.4) is 0 Å². The fourth-order valence-corrected chi connectivity index (χ4v) is 2.65. The molecule has 0 atom stereocenters. The monoisotopic (exact) mass is 320 g/mol. The van der Waals surface area contributed by atoms with Crippen molar-refractivity contribution in [3.63, 3.8) is 0 Å². The molecule has 0 unspecified atom stereocenters. The lowest BCUT2D eigenvalue weighted by atomic mass is 10.2. The maximum absolute atomic E-state index is 6.19. The van der Waals surface area contributed by atoms with Gasteiger partial charge in [0.2, 0.25) is 0 Å². The molecule has 4 heteroatoms. The number of hydrogen-bond acceptors (Lipinski definition) is 1. The van der Waals surface area contributed by atoms with E-state index < -0.39 is 8.32 Å². The van der Waals surface area contributed by atoms with Crippen LogP contribution in [-0.2, 0) is 0 Å². The Bertz CT molecular complexity index is 385. The lowest BCUT2D eigenvalue weighted by molar-refractivity contribution is 0.490. The molecule has 0 N–H and O–H groups in total. The molecule has 1 aromatic carbocycles. The Hall–Kier alpha value is 0.00688. The maximum atomic E-state index is 6.19. The maximum Gasteiger partial charge on any atom is 0.250 e. The molecule has 0 bridgehead atoms. The van der Waals surface area contributed by atoms with Crippen molar-refractivity contribution in [1.29, 1.82) is 0 Å². The largest absolute Gasteiger partial charge is 0.543 e. The Kier molecular flexibility index (Phi) is 4.14. The zero-order chi connectivity index (χ0) is 12.6. The van der Waals surface area contributed by atoms with Gasteiger partial charge in [0.15, 0.2) is 0 Å². The standard InChI is InChI=1S/C12H18BrClOSi/c1-12(2,3)16(4,5)15-11-8-9(14)6-7-10(11)13/h6-8H,1-5H3. The average Bonchev–Trinajstić information content (AvgIpc) is 2.09. The first-order valence-corrected chi connectivity index (χ1v) is 9.35. The number of rotatable bonds is 2. The third kappa shape index (κ3) is 3.25. The highest BCUT2D eigenvalue weighted by atomic mass is 79.9. The Morgan fingerprint density at radius 1 is 1.25 bits per heavy atom. The highest BCUT2D eigenvalue weighted by molar-refractivity contribution is 9.10. The number of benzene rings is 1. The molecule has 0 saturated heterocycles. The molecular formula is C12H18BrClOSi. The molecule has 0 aliphatic carbocycles. The molecule has 1 rings (SSSR count). The van der Waals surface area contributed by atoms with Gasteiger partial charge in [0.05, 0.1) is 4.47 Å². The van der Waals surface area contributed by atoms with Gasteiger partial charge in [-0.2, -0.15) is 0 Å². The van der Waals surface area contributed by atoms with Gasteiger partial charge in [0, 0.05) is 5.02 Å². The topological polar surface area (TPSA) is 9.23 Å². The summed E-state index contributed by atoms with van der Waals surface area (Å²) < 4.78 is 7.15. The van der Waals surface area contributed by atoms with E-state index in [2.05, 4.69) is 49.8 Å². The molecule has 0 spiro atoms. The molecule has 0 heterocycles. The summed E-state index contributed by atoms with van der Waals surface area (Å²) in [6.07, 6.45) is 0. The van der Waals surface area contributed by atoms with Crippen LogP contribution < -0.4 is 4.43 Å². The van der Waals surface area contributed by atoms with Gasteiger partial charge in [-0.05, 0) is 52.3 Å². The van der Waals surface area contributed by atoms with E-state index >= 15 is 0 Å². The predicted octanol–water partition coefficient (Wildman–Crippen LogP) is 5.49. The fraction of sp³-hybridized carbons (Fsp3) is 0.500. The molecule has 1 nitrogen and oxygen atoms in total. The molecule has 0 aliphatic rings. The second-order valence-corrected chi connectivity index (χ2v) is 11.5. The summed E-state index contributed by atoms with van der Waals surface area (Å²) in [5.74, 6) is 0.846. The first-order valence-electron chi connectivity index (χ1n) is 5.27. The van der Waals surface area contributed by atoms with E-state index in [-0.39, 0.29) is 5.04 Å². The summed E-state index contributed by atoms with van der Waals surface area (Å²) in [5.41, 5.74) is 0. The quantitative estimate of drug-likeness (QED) is 0.655. The summed E-state index contributed by atoms with van der Waals surface area (Å²) in [7, 11) is -1.79. The van der Waals surface area contributed by atoms with E-state index in [9.17, 15) is 0 Å². The summed E-state index contributed by atoms with van der Waals surface area (Å²) in [5, 5.41) is 0.895. The fourth-order valence-electron chi connectivity index (χ4n) is 0.983. The van der Waals surface area contributed by atoms with E-state index in [1.54, 1.807) is 0 Å². The van der Waals surface area contributed by atoms with Gasteiger partial charge < -0.3 is 4.43 Å². The van der Waals surface area contributed by atoms with Crippen molar-refractivity contribution in [3.8, 4) is 5.75 Å². The molecule has 1 aromatic rings. The molecule has 0 aliphatic heterocycles. The zero-order valence-corrected chi connectivity index (χ0v) is 13.7. The van der Waals surface area contributed by atoms with Crippen molar-refractivity contribution >= 4 is 35.8 Å². The first kappa shape index (κ1) is 14.1. The molecule has 0 saturated carbocycles. The lowest BCUT2D eigenvalue weighted by Crippen LogP contribution is -2.43. The van der Waals surface area contributed by atoms with Crippen LogP contribution in [-0.4, -0.2) is 8.32 Å². The Labute approximate surface area is 112 Å². The van der Waals surface area contributed by atoms with Crippen molar-refractivity contribution < 1.29 is 4.43 Å². The van der Waals surface area contributed by atoms with E-state index in [4.69, 9.17) is 16.0 Å². The second kappa shape index (κ2) is 4.71. The molecule has 16 heavy (non-hydrogen) atoms. The number of hydrogen-bond donors (Lipinski definition) is 0. The smallest absolute Gasteiger partial charge is 0.250 e. The van der Waals surface area contributed by atoms with Crippen LogP contribution in [0.25, 0.3) is 0 Å². The Balaban J connectivity index is 3.01. The van der Waals surface area contributed by atoms with Crippen molar-refractivity contribution in [1.82, 2.24) is 0 Å². The molecular weight excluding hydrogens is 304 g/mol. The van der Waals surface area contributed by atoms with E-state index in [0.717, 1.165) is 10.2 Å². The van der Waals surface area contributed by atoms with Crippen LogP contribution in [0.4, 0.5) is 0 Å². The third-order valence-corrected chi connectivity index (χ3v) is 8.30. The van der Waals surface area contributed by atoms with Crippen LogP contribution in [0.15, 0.2) is 22.7 Å². The van der Waals surface area contributed by atoms with Crippen LogP contribution in [0, 0.1) is 0 Å². The van der Waals surface area contributed by atoms with Crippen molar-refractivity contribution in [2.24, 2.45) is 0 Å². The van der Waals surface area contributed by atoms with Gasteiger partial charge in [-0.25, -0.2) is 0 Å². The van der Waals surface area contributed by atoms with Crippen molar-refractivity contribution in [2.75, 3.05) is 0 Å². The summed E-state index contributed by atoms with van der Waals surface area (Å²) in [4.78, 5) is 0. The second-order valence-electron chi connectivity index (χ2n) is 5.44. The SMILES string of the molecule is CC(C)(C)[Si](C)(C)Oc1cc(Cl)ccc1Br. The van der Waals surface area contributed by atoms with Crippen LogP contribution in [0.2, 0.25) is 23.2 Å². The van der Waals surface area contributed by atoms with E-state index in [1.807, 2.05) is 18.2 Å². The summed E-state index contributed by atoms with van der Waals surface area (Å²) in [6.45, 7) is 11.1. The Morgan fingerprint density at radius 3 is 2.31 bits per heavy atom. The zero-order valence-electron chi connectivity index (χ0n) is 10.4. The molecule has 0 radical (unpaired) electrons. The van der Waals surface area contributed by atoms with Gasteiger partial charge in [-0.3, -0.25) is 0 Å². The van der Waals surface area contributed by atoms with Gasteiger partial charge in [-0.15, -0.1) is 0 Å². The average molecular weight is 322 g/mol. The summed E-state index contributed by atoms with van der Waals surface area (Å²) in [6, 6.07) is 5.64. The summed E-state index contributed by atoms with van der Waals surface area (Å²) >= 11 is 9.46. The van der Waals surface area contributed by atoms with E-state index in [0.29, 0.717) is 5.02 Å². The Morgan fingerprint density at radius 2 is 1.81 bits per heavy atom. The van der Waals surface area contributed by atoms with E-state index in [1.165, 1.54) is 0 Å². The van der Waals surface area contributed by atoms with Crippen molar-refractivity contribution in [2.45, 2.75) is 38.9 Å². The normalized spacial score (nSPS) is 12.7. The first-order chi connectivity index (χ1) is 7.13. The van der Waals surface area contributed by atoms with Crippen LogP contribution >= 0.6 is 27.5 Å². The van der Waals surface area contributed by atoms with Gasteiger partial charge >= 0.3 is 0 Å². The third-order valence-electron chi connectivity index (χ3n) is 3.06. The highest BCUT2D eigenvalue weighted by Crippen LogP contribution is 2.39. The van der Waals surface area contributed by atoms with Crippen LogP contribution in [0.1, 0.15) is 20.8 Å². The van der Waals surface area contributed by atoms with Gasteiger partial charge in [-0.1, -0.05) is 32.4 Å².